The minimum atomic E-state index is -0.360. The highest BCUT2D eigenvalue weighted by atomic mass is 16.5. The highest BCUT2D eigenvalue weighted by Gasteiger charge is 2.29. The van der Waals surface area contributed by atoms with Crippen LogP contribution in [0.5, 0.6) is 0 Å². The van der Waals surface area contributed by atoms with Gasteiger partial charge in [-0.05, 0) is 24.4 Å². The smallest absolute Gasteiger partial charge is 0.246 e. The van der Waals surface area contributed by atoms with Crippen LogP contribution in [0.15, 0.2) is 34.7 Å². The Labute approximate surface area is 145 Å². The Balaban J connectivity index is 1.51. The van der Waals surface area contributed by atoms with E-state index in [2.05, 4.69) is 26.9 Å². The van der Waals surface area contributed by atoms with Gasteiger partial charge in [-0.3, -0.25) is 4.79 Å². The molecule has 1 saturated heterocycles. The first-order valence-electron chi connectivity index (χ1n) is 8.36. The van der Waals surface area contributed by atoms with Gasteiger partial charge in [-0.2, -0.15) is 0 Å². The number of ether oxygens (including phenoxy) is 1. The number of fused-ring (bicyclic) bond motifs is 1. The zero-order valence-corrected chi connectivity index (χ0v) is 14.3. The van der Waals surface area contributed by atoms with Crippen LogP contribution in [-0.4, -0.2) is 45.3 Å². The first kappa shape index (κ1) is 15.8. The number of rotatable bonds is 3. The molecule has 7 nitrogen and oxygen atoms in total. The third-order valence-electron chi connectivity index (χ3n) is 4.55. The van der Waals surface area contributed by atoms with Gasteiger partial charge in [0.05, 0.1) is 13.2 Å². The van der Waals surface area contributed by atoms with Gasteiger partial charge in [0.2, 0.25) is 17.7 Å². The lowest BCUT2D eigenvalue weighted by molar-refractivity contribution is -0.140. The summed E-state index contributed by atoms with van der Waals surface area (Å²) in [6.45, 7) is 5.54. The van der Waals surface area contributed by atoms with Crippen molar-refractivity contribution in [1.82, 2.24) is 19.7 Å². The summed E-state index contributed by atoms with van der Waals surface area (Å²) in [5.74, 6) is 0.989. The molecule has 1 amide bonds. The fourth-order valence-electron chi connectivity index (χ4n) is 3.26. The highest BCUT2D eigenvalue weighted by molar-refractivity contribution is 5.84. The Morgan fingerprint density at radius 1 is 1.28 bits per heavy atom. The van der Waals surface area contributed by atoms with Crippen LogP contribution in [0.1, 0.15) is 23.6 Å². The molecular formula is C18H20N4O3. The number of hydrogen-bond donors (Lipinski definition) is 0. The molecule has 1 aromatic carbocycles. The maximum Gasteiger partial charge on any atom is 0.246 e. The van der Waals surface area contributed by atoms with Crippen LogP contribution < -0.4 is 0 Å². The lowest BCUT2D eigenvalue weighted by Gasteiger charge is -2.31. The van der Waals surface area contributed by atoms with Crippen LogP contribution in [0.2, 0.25) is 0 Å². The molecule has 0 bridgehead atoms. The summed E-state index contributed by atoms with van der Waals surface area (Å²) < 4.78 is 13.2. The number of morpholine rings is 1. The second-order valence-electron chi connectivity index (χ2n) is 6.29. The molecule has 130 valence electrons. The van der Waals surface area contributed by atoms with E-state index >= 15 is 0 Å². The van der Waals surface area contributed by atoms with Crippen molar-refractivity contribution >= 4 is 16.8 Å². The summed E-state index contributed by atoms with van der Waals surface area (Å²) in [6, 6.07) is 10.2. The minimum absolute atomic E-state index is 0.0639. The first-order valence-corrected chi connectivity index (χ1v) is 8.36. The molecule has 4 rings (SSSR count). The van der Waals surface area contributed by atoms with Gasteiger partial charge >= 0.3 is 0 Å². The van der Waals surface area contributed by atoms with Gasteiger partial charge in [-0.15, -0.1) is 10.2 Å². The Bertz CT molecular complexity index is 914. The molecule has 2 aromatic heterocycles. The predicted octanol–water partition coefficient (Wildman–Crippen LogP) is 2.24. The Morgan fingerprint density at radius 3 is 2.92 bits per heavy atom. The van der Waals surface area contributed by atoms with Gasteiger partial charge in [0.25, 0.3) is 0 Å². The summed E-state index contributed by atoms with van der Waals surface area (Å²) in [5, 5.41) is 8.99. The van der Waals surface area contributed by atoms with Crippen molar-refractivity contribution in [3.8, 4) is 0 Å². The maximum absolute atomic E-state index is 12.8. The second kappa shape index (κ2) is 6.33. The lowest BCUT2D eigenvalue weighted by atomic mass is 10.2. The van der Waals surface area contributed by atoms with E-state index in [1.54, 1.807) is 6.92 Å². The van der Waals surface area contributed by atoms with Crippen molar-refractivity contribution in [3.63, 3.8) is 0 Å². The van der Waals surface area contributed by atoms with Gasteiger partial charge in [0, 0.05) is 24.7 Å². The normalized spacial score (nSPS) is 18.0. The number of amides is 1. The summed E-state index contributed by atoms with van der Waals surface area (Å²) in [7, 11) is 0. The number of aryl methyl sites for hydroxylation is 2. The largest absolute Gasteiger partial charge is 0.423 e. The molecule has 7 heteroatoms. The van der Waals surface area contributed by atoms with Crippen LogP contribution in [-0.2, 0) is 16.1 Å². The molecule has 0 N–H and O–H groups in total. The fourth-order valence-corrected chi connectivity index (χ4v) is 3.26. The van der Waals surface area contributed by atoms with E-state index in [1.807, 2.05) is 30.0 Å². The van der Waals surface area contributed by atoms with E-state index in [-0.39, 0.29) is 12.0 Å². The van der Waals surface area contributed by atoms with Gasteiger partial charge < -0.3 is 18.6 Å². The topological polar surface area (TPSA) is 73.4 Å². The quantitative estimate of drug-likeness (QED) is 0.731. The van der Waals surface area contributed by atoms with Crippen LogP contribution in [0.3, 0.4) is 0 Å². The molecule has 3 heterocycles. The van der Waals surface area contributed by atoms with Crippen LogP contribution >= 0.6 is 0 Å². The summed E-state index contributed by atoms with van der Waals surface area (Å²) in [4.78, 5) is 14.6. The zero-order valence-electron chi connectivity index (χ0n) is 14.3. The number of benzene rings is 1. The molecule has 0 spiro atoms. The van der Waals surface area contributed by atoms with Crippen LogP contribution in [0, 0.1) is 13.8 Å². The van der Waals surface area contributed by atoms with Crippen molar-refractivity contribution < 1.29 is 13.9 Å². The van der Waals surface area contributed by atoms with Crippen LogP contribution in [0.25, 0.3) is 10.9 Å². The molecule has 0 aliphatic carbocycles. The third kappa shape index (κ3) is 3.02. The maximum atomic E-state index is 12.8. The van der Waals surface area contributed by atoms with E-state index < -0.39 is 0 Å². The van der Waals surface area contributed by atoms with E-state index in [1.165, 1.54) is 0 Å². The molecule has 25 heavy (non-hydrogen) atoms. The van der Waals surface area contributed by atoms with Crippen molar-refractivity contribution in [1.29, 1.82) is 0 Å². The lowest BCUT2D eigenvalue weighted by Crippen LogP contribution is -2.43. The van der Waals surface area contributed by atoms with E-state index in [0.29, 0.717) is 38.0 Å². The first-order chi connectivity index (χ1) is 12.1. The zero-order chi connectivity index (χ0) is 17.4. The van der Waals surface area contributed by atoms with Gasteiger partial charge in [0.15, 0.2) is 6.10 Å². The SMILES string of the molecule is Cc1nnc(C2CN(C(=O)Cn3c(C)cc4ccccc43)CCO2)o1. The highest BCUT2D eigenvalue weighted by Crippen LogP contribution is 2.23. The number of hydrogen-bond acceptors (Lipinski definition) is 5. The average Bonchev–Trinajstić information content (AvgIpc) is 3.19. The van der Waals surface area contributed by atoms with Crippen molar-refractivity contribution in [3.05, 3.63) is 47.8 Å². The molecule has 1 aliphatic heterocycles. The number of aromatic nitrogens is 3. The van der Waals surface area contributed by atoms with Crippen LogP contribution in [0.4, 0.5) is 0 Å². The van der Waals surface area contributed by atoms with Crippen molar-refractivity contribution in [2.75, 3.05) is 19.7 Å². The molecule has 1 aliphatic rings. The summed E-state index contributed by atoms with van der Waals surface area (Å²) >= 11 is 0. The summed E-state index contributed by atoms with van der Waals surface area (Å²) in [5.41, 5.74) is 2.15. The number of nitrogens with zero attached hydrogens (tertiary/aromatic N) is 4. The van der Waals surface area contributed by atoms with Crippen molar-refractivity contribution in [2.45, 2.75) is 26.5 Å². The molecule has 3 aromatic rings. The Hall–Kier alpha value is -2.67. The number of carbonyl (C=O) groups excluding carboxylic acids is 1. The molecular weight excluding hydrogens is 320 g/mol. The molecule has 1 fully saturated rings. The van der Waals surface area contributed by atoms with Crippen molar-refractivity contribution in [2.24, 2.45) is 0 Å². The molecule has 0 radical (unpaired) electrons. The summed E-state index contributed by atoms with van der Waals surface area (Å²) in [6.07, 6.45) is -0.360. The minimum Gasteiger partial charge on any atom is -0.423 e. The van der Waals surface area contributed by atoms with Gasteiger partial charge in [0.1, 0.15) is 6.54 Å². The second-order valence-corrected chi connectivity index (χ2v) is 6.29. The number of carbonyl (C=O) groups is 1. The van der Waals surface area contributed by atoms with E-state index in [0.717, 1.165) is 16.6 Å². The standard InChI is InChI=1S/C18H20N4O3/c1-12-9-14-5-3-4-6-15(14)22(12)11-17(23)21-7-8-24-16(10-21)18-20-19-13(2)25-18/h3-6,9,16H,7-8,10-11H2,1-2H3. The fraction of sp³-hybridized carbons (Fsp3) is 0.389. The van der Waals surface area contributed by atoms with E-state index in [4.69, 9.17) is 9.15 Å². The average molecular weight is 340 g/mol. The van der Waals surface area contributed by atoms with E-state index in [9.17, 15) is 4.79 Å². The Morgan fingerprint density at radius 2 is 2.12 bits per heavy atom. The molecule has 1 unspecified atom stereocenters. The predicted molar refractivity (Wildman–Crippen MR) is 91.0 cm³/mol. The van der Waals surface area contributed by atoms with Gasteiger partial charge in [-0.25, -0.2) is 0 Å². The van der Waals surface area contributed by atoms with Gasteiger partial charge in [-0.1, -0.05) is 18.2 Å². The number of para-hydroxylation sites is 1. The third-order valence-corrected chi connectivity index (χ3v) is 4.55. The Kier molecular flexibility index (Phi) is 4.01. The molecule has 1 atom stereocenters. The monoisotopic (exact) mass is 340 g/mol. The molecule has 0 saturated carbocycles.